The lowest BCUT2D eigenvalue weighted by Gasteiger charge is -2.11. The molecule has 2 aromatic carbocycles. The third-order valence-corrected chi connectivity index (χ3v) is 4.58. The van der Waals surface area contributed by atoms with E-state index in [4.69, 9.17) is 16.6 Å². The summed E-state index contributed by atoms with van der Waals surface area (Å²) in [5.74, 6) is 0.525. The first-order chi connectivity index (χ1) is 12.5. The second kappa shape index (κ2) is 7.74. The van der Waals surface area contributed by atoms with Crippen LogP contribution in [0.25, 0.3) is 21.7 Å². The molecule has 0 fully saturated rings. The fraction of sp³-hybridized carbons (Fsp3) is 0.300. The lowest BCUT2D eigenvalue weighted by molar-refractivity contribution is 0.0917. The van der Waals surface area contributed by atoms with Gasteiger partial charge in [-0.25, -0.2) is 0 Å². The summed E-state index contributed by atoms with van der Waals surface area (Å²) in [5, 5.41) is 6.45. The maximum absolute atomic E-state index is 12.5. The van der Waals surface area contributed by atoms with Gasteiger partial charge in [-0.3, -0.25) is 15.6 Å². The maximum Gasteiger partial charge on any atom is 0.305 e. The predicted octanol–water partition coefficient (Wildman–Crippen LogP) is 4.05. The molecule has 0 aliphatic rings. The van der Waals surface area contributed by atoms with E-state index in [1.54, 1.807) is 0 Å². The zero-order valence-electron chi connectivity index (χ0n) is 15.2. The molecule has 0 bridgehead atoms. The highest BCUT2D eigenvalue weighted by Crippen LogP contribution is 2.31. The number of hydrogen-bond acceptors (Lipinski definition) is 3. The largest absolute Gasteiger partial charge is 0.450 e. The molecule has 0 radical (unpaired) electrons. The van der Waals surface area contributed by atoms with Crippen molar-refractivity contribution >= 4 is 45.0 Å². The van der Waals surface area contributed by atoms with Crippen molar-refractivity contribution in [2.75, 3.05) is 6.54 Å². The van der Waals surface area contributed by atoms with Gasteiger partial charge in [-0.1, -0.05) is 50.2 Å². The Labute approximate surface area is 158 Å². The number of hydrazine groups is 1. The standard InChI is InChI=1S/C20H23N3O2S/c1-12(2)10-11-21-20(26)23-22-19(24)17-13(3)15-9-8-14-6-4-5-7-16(14)18(15)25-17/h4-9,12H,10-11H2,1-3H3,(H,22,24)(H2,21,23,26). The highest BCUT2D eigenvalue weighted by molar-refractivity contribution is 7.80. The van der Waals surface area contributed by atoms with Crippen molar-refractivity contribution in [1.82, 2.24) is 16.2 Å². The first kappa shape index (κ1) is 18.2. The zero-order valence-corrected chi connectivity index (χ0v) is 16.0. The number of aryl methyl sites for hydroxylation is 1. The van der Waals surface area contributed by atoms with Gasteiger partial charge < -0.3 is 9.73 Å². The number of thiocarbonyl (C=S) groups is 1. The molecular formula is C20H23N3O2S. The molecule has 0 aliphatic heterocycles. The first-order valence-electron chi connectivity index (χ1n) is 8.72. The van der Waals surface area contributed by atoms with E-state index in [0.717, 1.165) is 40.3 Å². The van der Waals surface area contributed by atoms with E-state index >= 15 is 0 Å². The van der Waals surface area contributed by atoms with Crippen LogP contribution in [0.3, 0.4) is 0 Å². The number of rotatable bonds is 4. The van der Waals surface area contributed by atoms with Crippen molar-refractivity contribution in [3.05, 3.63) is 47.7 Å². The van der Waals surface area contributed by atoms with Crippen LogP contribution in [-0.2, 0) is 0 Å². The van der Waals surface area contributed by atoms with Crippen LogP contribution in [0.5, 0.6) is 0 Å². The van der Waals surface area contributed by atoms with Crippen LogP contribution >= 0.6 is 12.2 Å². The minimum atomic E-state index is -0.351. The van der Waals surface area contributed by atoms with Crippen LogP contribution in [0.4, 0.5) is 0 Å². The lowest BCUT2D eigenvalue weighted by atomic mass is 10.1. The molecule has 0 aliphatic carbocycles. The van der Waals surface area contributed by atoms with Crippen LogP contribution in [0, 0.1) is 12.8 Å². The van der Waals surface area contributed by atoms with Crippen LogP contribution < -0.4 is 16.2 Å². The highest BCUT2D eigenvalue weighted by atomic mass is 32.1. The molecule has 5 nitrogen and oxygen atoms in total. The number of carbonyl (C=O) groups is 1. The SMILES string of the molecule is Cc1c(C(=O)NNC(=S)NCCC(C)C)oc2c1ccc1ccccc12. The Bertz CT molecular complexity index is 962. The average molecular weight is 369 g/mol. The highest BCUT2D eigenvalue weighted by Gasteiger charge is 2.19. The third-order valence-electron chi connectivity index (χ3n) is 4.33. The second-order valence-electron chi connectivity index (χ2n) is 6.74. The number of carbonyl (C=O) groups excluding carboxylic acids is 1. The molecule has 3 N–H and O–H groups in total. The number of hydrogen-bond donors (Lipinski definition) is 3. The Morgan fingerprint density at radius 2 is 1.88 bits per heavy atom. The normalized spacial score (nSPS) is 11.1. The van der Waals surface area contributed by atoms with Crippen molar-refractivity contribution in [2.45, 2.75) is 27.2 Å². The molecule has 0 spiro atoms. The van der Waals surface area contributed by atoms with E-state index in [-0.39, 0.29) is 11.7 Å². The third kappa shape index (κ3) is 3.80. The molecule has 0 atom stereocenters. The molecule has 0 unspecified atom stereocenters. The summed E-state index contributed by atoms with van der Waals surface area (Å²) in [4.78, 5) is 12.5. The van der Waals surface area contributed by atoms with Crippen molar-refractivity contribution in [2.24, 2.45) is 5.92 Å². The minimum Gasteiger partial charge on any atom is -0.450 e. The quantitative estimate of drug-likeness (QED) is 0.478. The fourth-order valence-corrected chi connectivity index (χ4v) is 3.01. The molecule has 136 valence electrons. The molecular weight excluding hydrogens is 346 g/mol. The number of fused-ring (bicyclic) bond motifs is 3. The number of nitrogens with one attached hydrogen (secondary N) is 3. The van der Waals surface area contributed by atoms with E-state index in [0.29, 0.717) is 11.0 Å². The van der Waals surface area contributed by atoms with Crippen LogP contribution in [0.1, 0.15) is 36.4 Å². The fourth-order valence-electron chi connectivity index (χ4n) is 2.85. The topological polar surface area (TPSA) is 66.3 Å². The molecule has 0 saturated carbocycles. The molecule has 0 saturated heterocycles. The van der Waals surface area contributed by atoms with Crippen LogP contribution in [0.15, 0.2) is 40.8 Å². The monoisotopic (exact) mass is 369 g/mol. The maximum atomic E-state index is 12.5. The first-order valence-corrected chi connectivity index (χ1v) is 9.13. The number of furan rings is 1. The second-order valence-corrected chi connectivity index (χ2v) is 7.15. The van der Waals surface area contributed by atoms with E-state index in [9.17, 15) is 4.79 Å². The van der Waals surface area contributed by atoms with Crippen molar-refractivity contribution in [1.29, 1.82) is 0 Å². The summed E-state index contributed by atoms with van der Waals surface area (Å²) >= 11 is 5.17. The summed E-state index contributed by atoms with van der Waals surface area (Å²) in [6, 6.07) is 12.0. The summed E-state index contributed by atoms with van der Waals surface area (Å²) in [5.41, 5.74) is 6.86. The van der Waals surface area contributed by atoms with Gasteiger partial charge in [0.25, 0.3) is 0 Å². The van der Waals surface area contributed by atoms with Gasteiger partial charge in [-0.2, -0.15) is 0 Å². The Morgan fingerprint density at radius 1 is 1.12 bits per heavy atom. The van der Waals surface area contributed by atoms with E-state index < -0.39 is 0 Å². The van der Waals surface area contributed by atoms with Crippen LogP contribution in [0.2, 0.25) is 0 Å². The Morgan fingerprint density at radius 3 is 2.65 bits per heavy atom. The van der Waals surface area contributed by atoms with Gasteiger partial charge in [0.2, 0.25) is 0 Å². The van der Waals surface area contributed by atoms with Gasteiger partial charge in [0, 0.05) is 22.9 Å². The van der Waals surface area contributed by atoms with Crippen molar-refractivity contribution in [3.8, 4) is 0 Å². The smallest absolute Gasteiger partial charge is 0.305 e. The number of benzene rings is 2. The molecule has 3 aromatic rings. The molecule has 1 heterocycles. The van der Waals surface area contributed by atoms with Gasteiger partial charge in [0.15, 0.2) is 10.9 Å². The average Bonchev–Trinajstić information content (AvgIpc) is 2.97. The van der Waals surface area contributed by atoms with Gasteiger partial charge in [-0.15, -0.1) is 0 Å². The predicted molar refractivity (Wildman–Crippen MR) is 109 cm³/mol. The van der Waals surface area contributed by atoms with E-state index in [1.165, 1.54) is 0 Å². The van der Waals surface area contributed by atoms with Gasteiger partial charge in [0.05, 0.1) is 0 Å². The Kier molecular flexibility index (Phi) is 5.42. The van der Waals surface area contributed by atoms with E-state index in [1.807, 2.05) is 43.3 Å². The van der Waals surface area contributed by atoms with E-state index in [2.05, 4.69) is 30.0 Å². The summed E-state index contributed by atoms with van der Waals surface area (Å²) in [6.45, 7) is 6.94. The Hall–Kier alpha value is -2.60. The van der Waals surface area contributed by atoms with Crippen molar-refractivity contribution in [3.63, 3.8) is 0 Å². The minimum absolute atomic E-state index is 0.286. The number of amides is 1. The molecule has 1 amide bonds. The van der Waals surface area contributed by atoms with Crippen molar-refractivity contribution < 1.29 is 9.21 Å². The summed E-state index contributed by atoms with van der Waals surface area (Å²) in [6.07, 6.45) is 1.01. The van der Waals surface area contributed by atoms with Crippen LogP contribution in [-0.4, -0.2) is 17.6 Å². The lowest BCUT2D eigenvalue weighted by Crippen LogP contribution is -2.47. The molecule has 1 aromatic heterocycles. The molecule has 3 rings (SSSR count). The molecule has 26 heavy (non-hydrogen) atoms. The summed E-state index contributed by atoms with van der Waals surface area (Å²) < 4.78 is 5.90. The van der Waals surface area contributed by atoms with Gasteiger partial charge >= 0.3 is 5.91 Å². The molecule has 6 heteroatoms. The van der Waals surface area contributed by atoms with Gasteiger partial charge in [-0.05, 0) is 36.9 Å². The zero-order chi connectivity index (χ0) is 18.7. The van der Waals surface area contributed by atoms with Gasteiger partial charge in [0.1, 0.15) is 5.58 Å². The Balaban J connectivity index is 1.73. The summed E-state index contributed by atoms with van der Waals surface area (Å²) in [7, 11) is 0.